The summed E-state index contributed by atoms with van der Waals surface area (Å²) in [6.45, 7) is 3.60. The smallest absolute Gasteiger partial charge is 0.244 e. The quantitative estimate of drug-likeness (QED) is 0.813. The second-order valence-corrected chi connectivity index (χ2v) is 7.67. The molecule has 152 valence electrons. The van der Waals surface area contributed by atoms with Gasteiger partial charge in [-0.2, -0.15) is 4.98 Å². The molecule has 1 saturated carbocycles. The maximum atomic E-state index is 12.1. The Kier molecular flexibility index (Phi) is 4.89. The van der Waals surface area contributed by atoms with Crippen LogP contribution in [-0.2, 0) is 9.53 Å². The van der Waals surface area contributed by atoms with Crippen molar-refractivity contribution in [3.05, 3.63) is 24.5 Å². The van der Waals surface area contributed by atoms with Gasteiger partial charge >= 0.3 is 0 Å². The lowest BCUT2D eigenvalue weighted by Crippen LogP contribution is -2.44. The predicted octanol–water partition coefficient (Wildman–Crippen LogP) is 2.15. The molecule has 29 heavy (non-hydrogen) atoms. The highest BCUT2D eigenvalue weighted by atomic mass is 16.5. The summed E-state index contributed by atoms with van der Waals surface area (Å²) in [7, 11) is 0. The molecule has 3 aliphatic rings. The standard InChI is InChI=1S/C20H25N7O2/c28-18-13-27(14-3-1-2-4-14)19-16(23-18)12-22-20(25-19)24-17-6-5-15(11-21-17)26-7-9-29-10-8-26/h5-6,11-12,14H,1-4,7-10,13H2,(H,23,28)(H,21,22,24,25). The summed E-state index contributed by atoms with van der Waals surface area (Å²) in [5, 5.41) is 6.07. The summed E-state index contributed by atoms with van der Waals surface area (Å²) in [5.74, 6) is 1.96. The van der Waals surface area contributed by atoms with Crippen molar-refractivity contribution in [2.45, 2.75) is 31.7 Å². The number of carbonyl (C=O) groups excluding carboxylic acids is 1. The van der Waals surface area contributed by atoms with E-state index in [0.717, 1.165) is 50.7 Å². The van der Waals surface area contributed by atoms with E-state index in [9.17, 15) is 4.79 Å². The van der Waals surface area contributed by atoms with Crippen LogP contribution in [0.15, 0.2) is 24.5 Å². The first-order chi connectivity index (χ1) is 14.3. The molecule has 2 fully saturated rings. The summed E-state index contributed by atoms with van der Waals surface area (Å²) >= 11 is 0. The van der Waals surface area contributed by atoms with Crippen LogP contribution in [0.4, 0.5) is 29.0 Å². The minimum Gasteiger partial charge on any atom is -0.378 e. The van der Waals surface area contributed by atoms with Crippen molar-refractivity contribution in [3.63, 3.8) is 0 Å². The molecule has 9 nitrogen and oxygen atoms in total. The summed E-state index contributed by atoms with van der Waals surface area (Å²) in [5.41, 5.74) is 1.76. The maximum absolute atomic E-state index is 12.1. The number of ether oxygens (including phenoxy) is 1. The van der Waals surface area contributed by atoms with Crippen LogP contribution in [0.5, 0.6) is 0 Å². The number of rotatable bonds is 4. The van der Waals surface area contributed by atoms with Crippen LogP contribution in [0.3, 0.4) is 0 Å². The zero-order chi connectivity index (χ0) is 19.6. The number of carbonyl (C=O) groups is 1. The van der Waals surface area contributed by atoms with E-state index in [-0.39, 0.29) is 5.91 Å². The van der Waals surface area contributed by atoms with Crippen molar-refractivity contribution in [2.75, 3.05) is 53.3 Å². The average molecular weight is 395 g/mol. The first-order valence-electron chi connectivity index (χ1n) is 10.3. The third-order valence-corrected chi connectivity index (χ3v) is 5.76. The van der Waals surface area contributed by atoms with Crippen LogP contribution in [0.25, 0.3) is 0 Å². The van der Waals surface area contributed by atoms with Gasteiger partial charge in [-0.15, -0.1) is 0 Å². The Morgan fingerprint density at radius 3 is 2.69 bits per heavy atom. The molecule has 1 aliphatic carbocycles. The van der Waals surface area contributed by atoms with Crippen LogP contribution in [0.1, 0.15) is 25.7 Å². The van der Waals surface area contributed by atoms with Crippen molar-refractivity contribution < 1.29 is 9.53 Å². The van der Waals surface area contributed by atoms with Gasteiger partial charge in [0.15, 0.2) is 5.82 Å². The molecule has 2 aromatic rings. The van der Waals surface area contributed by atoms with E-state index in [1.807, 2.05) is 18.3 Å². The number of nitrogens with one attached hydrogen (secondary N) is 2. The lowest BCUT2D eigenvalue weighted by Gasteiger charge is -2.34. The van der Waals surface area contributed by atoms with Gasteiger partial charge in [-0.1, -0.05) is 12.8 Å². The predicted molar refractivity (Wildman–Crippen MR) is 111 cm³/mol. The van der Waals surface area contributed by atoms with Gasteiger partial charge in [-0.25, -0.2) is 9.97 Å². The molecular weight excluding hydrogens is 370 g/mol. The minimum atomic E-state index is -0.00548. The van der Waals surface area contributed by atoms with Gasteiger partial charge in [0, 0.05) is 19.1 Å². The third kappa shape index (κ3) is 3.82. The van der Waals surface area contributed by atoms with Gasteiger partial charge in [-0.05, 0) is 25.0 Å². The molecule has 0 radical (unpaired) electrons. The largest absolute Gasteiger partial charge is 0.378 e. The zero-order valence-corrected chi connectivity index (χ0v) is 16.3. The number of hydrogen-bond donors (Lipinski definition) is 2. The first kappa shape index (κ1) is 18.1. The fraction of sp³-hybridized carbons (Fsp3) is 0.500. The molecule has 2 aromatic heterocycles. The van der Waals surface area contributed by atoms with Crippen LogP contribution in [-0.4, -0.2) is 59.7 Å². The minimum absolute atomic E-state index is 0.00548. The fourth-order valence-corrected chi connectivity index (χ4v) is 4.26. The summed E-state index contributed by atoms with van der Waals surface area (Å²) in [4.78, 5) is 30.1. The van der Waals surface area contributed by atoms with Crippen LogP contribution in [0, 0.1) is 0 Å². The van der Waals surface area contributed by atoms with E-state index in [1.165, 1.54) is 12.8 Å². The molecule has 2 N–H and O–H groups in total. The molecule has 9 heteroatoms. The Morgan fingerprint density at radius 1 is 1.10 bits per heavy atom. The summed E-state index contributed by atoms with van der Waals surface area (Å²) < 4.78 is 5.40. The second kappa shape index (κ2) is 7.82. The van der Waals surface area contributed by atoms with Gasteiger partial charge < -0.3 is 25.2 Å². The van der Waals surface area contributed by atoms with E-state index in [1.54, 1.807) is 6.20 Å². The zero-order valence-electron chi connectivity index (χ0n) is 16.3. The lowest BCUT2D eigenvalue weighted by molar-refractivity contribution is -0.115. The number of fused-ring (bicyclic) bond motifs is 1. The molecule has 1 amide bonds. The van der Waals surface area contributed by atoms with Crippen molar-refractivity contribution >= 4 is 34.9 Å². The molecule has 0 unspecified atom stereocenters. The van der Waals surface area contributed by atoms with Gasteiger partial charge in [0.25, 0.3) is 0 Å². The van der Waals surface area contributed by atoms with E-state index in [4.69, 9.17) is 9.72 Å². The lowest BCUT2D eigenvalue weighted by atomic mass is 10.2. The highest BCUT2D eigenvalue weighted by Gasteiger charge is 2.31. The number of aromatic nitrogens is 3. The topological polar surface area (TPSA) is 95.5 Å². The Bertz CT molecular complexity index is 877. The van der Waals surface area contributed by atoms with E-state index in [0.29, 0.717) is 30.0 Å². The van der Waals surface area contributed by atoms with Crippen LogP contribution < -0.4 is 20.4 Å². The van der Waals surface area contributed by atoms with Gasteiger partial charge in [0.05, 0.1) is 37.8 Å². The molecule has 4 heterocycles. The van der Waals surface area contributed by atoms with Gasteiger partial charge in [0.1, 0.15) is 11.5 Å². The Labute approximate surface area is 169 Å². The van der Waals surface area contributed by atoms with Crippen molar-refractivity contribution in [1.82, 2.24) is 15.0 Å². The monoisotopic (exact) mass is 395 g/mol. The first-order valence-corrected chi connectivity index (χ1v) is 10.3. The summed E-state index contributed by atoms with van der Waals surface area (Å²) in [6.07, 6.45) is 8.14. The Balaban J connectivity index is 1.34. The van der Waals surface area contributed by atoms with Gasteiger partial charge in [0.2, 0.25) is 11.9 Å². The molecule has 0 atom stereocenters. The molecule has 1 saturated heterocycles. The number of anilines is 5. The molecular formula is C20H25N7O2. The molecule has 5 rings (SSSR count). The molecule has 0 aromatic carbocycles. The fourth-order valence-electron chi connectivity index (χ4n) is 4.26. The molecule has 2 aliphatic heterocycles. The third-order valence-electron chi connectivity index (χ3n) is 5.76. The number of amides is 1. The average Bonchev–Trinajstić information content (AvgIpc) is 3.29. The SMILES string of the molecule is O=C1CN(C2CCCC2)c2nc(Nc3ccc(N4CCOCC4)cn3)ncc2N1. The summed E-state index contributed by atoms with van der Waals surface area (Å²) in [6, 6.07) is 4.35. The number of morpholine rings is 1. The van der Waals surface area contributed by atoms with Crippen molar-refractivity contribution in [3.8, 4) is 0 Å². The number of pyridine rings is 1. The number of hydrogen-bond acceptors (Lipinski definition) is 8. The van der Waals surface area contributed by atoms with Crippen molar-refractivity contribution in [2.24, 2.45) is 0 Å². The van der Waals surface area contributed by atoms with Crippen molar-refractivity contribution in [1.29, 1.82) is 0 Å². The second-order valence-electron chi connectivity index (χ2n) is 7.67. The highest BCUT2D eigenvalue weighted by molar-refractivity contribution is 6.00. The maximum Gasteiger partial charge on any atom is 0.244 e. The van der Waals surface area contributed by atoms with E-state index >= 15 is 0 Å². The van der Waals surface area contributed by atoms with Gasteiger partial charge in [-0.3, -0.25) is 4.79 Å². The Morgan fingerprint density at radius 2 is 1.93 bits per heavy atom. The molecule has 0 spiro atoms. The highest BCUT2D eigenvalue weighted by Crippen LogP contribution is 2.34. The van der Waals surface area contributed by atoms with Crippen LogP contribution >= 0.6 is 0 Å². The molecule has 0 bridgehead atoms. The van der Waals surface area contributed by atoms with E-state index in [2.05, 4.69) is 30.4 Å². The normalized spacial score (nSPS) is 19.8. The number of nitrogens with zero attached hydrogens (tertiary/aromatic N) is 5. The van der Waals surface area contributed by atoms with E-state index < -0.39 is 0 Å². The Hall–Kier alpha value is -2.94. The van der Waals surface area contributed by atoms with Crippen LogP contribution in [0.2, 0.25) is 0 Å².